The fraction of sp³-hybridized carbons (Fsp3) is 0.500. The van der Waals surface area contributed by atoms with Gasteiger partial charge in [-0.25, -0.2) is 0 Å². The standard InChI is InChI=1S/C16H22BrN3O2/c1-10(14-19-15(20-22-14)16(2,3)4)18-9-11-7-6-8-12(17)13(11)21-5/h6-8,10,18H,9H2,1-5H3. The molecule has 6 heteroatoms. The van der Waals surface area contributed by atoms with Crippen LogP contribution in [0.3, 0.4) is 0 Å². The van der Waals surface area contributed by atoms with Gasteiger partial charge in [-0.3, -0.25) is 0 Å². The summed E-state index contributed by atoms with van der Waals surface area (Å²) >= 11 is 3.49. The predicted octanol–water partition coefficient (Wildman–Crippen LogP) is 3.99. The minimum absolute atomic E-state index is 0.0349. The van der Waals surface area contributed by atoms with E-state index in [1.165, 1.54) is 0 Å². The van der Waals surface area contributed by atoms with E-state index in [2.05, 4.69) is 52.2 Å². The normalized spacial score (nSPS) is 13.2. The molecule has 0 aliphatic rings. The Hall–Kier alpha value is -1.40. The van der Waals surface area contributed by atoms with Gasteiger partial charge in [-0.05, 0) is 28.9 Å². The lowest BCUT2D eigenvalue weighted by Gasteiger charge is -2.14. The van der Waals surface area contributed by atoms with E-state index in [0.29, 0.717) is 12.4 Å². The lowest BCUT2D eigenvalue weighted by atomic mass is 9.96. The van der Waals surface area contributed by atoms with Crippen LogP contribution < -0.4 is 10.1 Å². The third-order valence-electron chi connectivity index (χ3n) is 3.33. The van der Waals surface area contributed by atoms with Crippen molar-refractivity contribution in [3.8, 4) is 5.75 Å². The first kappa shape index (κ1) is 17.0. The molecule has 5 nitrogen and oxygen atoms in total. The fourth-order valence-corrected chi connectivity index (χ4v) is 2.56. The largest absolute Gasteiger partial charge is 0.495 e. The van der Waals surface area contributed by atoms with Gasteiger partial charge in [0.2, 0.25) is 5.89 Å². The van der Waals surface area contributed by atoms with E-state index in [1.807, 2.05) is 25.1 Å². The van der Waals surface area contributed by atoms with E-state index in [0.717, 1.165) is 21.6 Å². The molecule has 0 spiro atoms. The molecule has 2 aromatic rings. The van der Waals surface area contributed by atoms with Crippen molar-refractivity contribution in [2.45, 2.75) is 45.7 Å². The van der Waals surface area contributed by atoms with Gasteiger partial charge in [-0.15, -0.1) is 0 Å². The highest BCUT2D eigenvalue weighted by molar-refractivity contribution is 9.10. The van der Waals surface area contributed by atoms with Gasteiger partial charge in [-0.2, -0.15) is 4.98 Å². The zero-order valence-electron chi connectivity index (χ0n) is 13.6. The average molecular weight is 368 g/mol. The number of benzene rings is 1. The van der Waals surface area contributed by atoms with Gasteiger partial charge in [0.15, 0.2) is 5.82 Å². The van der Waals surface area contributed by atoms with Crippen LogP contribution in [0.2, 0.25) is 0 Å². The summed E-state index contributed by atoms with van der Waals surface area (Å²) in [6, 6.07) is 5.93. The van der Waals surface area contributed by atoms with E-state index in [-0.39, 0.29) is 11.5 Å². The summed E-state index contributed by atoms with van der Waals surface area (Å²) < 4.78 is 11.7. The summed E-state index contributed by atoms with van der Waals surface area (Å²) in [6.07, 6.45) is 0. The van der Waals surface area contributed by atoms with Gasteiger partial charge < -0.3 is 14.6 Å². The van der Waals surface area contributed by atoms with Gasteiger partial charge in [0.1, 0.15) is 5.75 Å². The van der Waals surface area contributed by atoms with Crippen LogP contribution in [0.25, 0.3) is 0 Å². The first-order valence-electron chi connectivity index (χ1n) is 7.21. The Labute approximate surface area is 139 Å². The van der Waals surface area contributed by atoms with Crippen molar-refractivity contribution in [1.82, 2.24) is 15.5 Å². The molecule has 1 aromatic heterocycles. The molecule has 0 aliphatic heterocycles. The number of hydrogen-bond acceptors (Lipinski definition) is 5. The van der Waals surface area contributed by atoms with Crippen molar-refractivity contribution in [1.29, 1.82) is 0 Å². The number of rotatable bonds is 5. The quantitative estimate of drug-likeness (QED) is 0.865. The number of nitrogens with one attached hydrogen (secondary N) is 1. The Morgan fingerprint density at radius 2 is 2.09 bits per heavy atom. The highest BCUT2D eigenvalue weighted by Crippen LogP contribution is 2.29. The lowest BCUT2D eigenvalue weighted by Crippen LogP contribution is -2.19. The summed E-state index contributed by atoms with van der Waals surface area (Å²) in [5.74, 6) is 2.15. The van der Waals surface area contributed by atoms with Crippen molar-refractivity contribution in [3.05, 3.63) is 40.0 Å². The summed E-state index contributed by atoms with van der Waals surface area (Å²) in [7, 11) is 1.67. The molecule has 2 rings (SSSR count). The highest BCUT2D eigenvalue weighted by Gasteiger charge is 2.23. The van der Waals surface area contributed by atoms with Gasteiger partial charge in [0.05, 0.1) is 17.6 Å². The van der Waals surface area contributed by atoms with Crippen molar-refractivity contribution in [2.75, 3.05) is 7.11 Å². The molecule has 120 valence electrons. The van der Waals surface area contributed by atoms with Crippen LogP contribution in [-0.2, 0) is 12.0 Å². The van der Waals surface area contributed by atoms with Gasteiger partial charge in [0.25, 0.3) is 0 Å². The number of hydrogen-bond donors (Lipinski definition) is 1. The topological polar surface area (TPSA) is 60.2 Å². The molecule has 0 fully saturated rings. The van der Waals surface area contributed by atoms with Crippen molar-refractivity contribution >= 4 is 15.9 Å². The zero-order chi connectivity index (χ0) is 16.3. The van der Waals surface area contributed by atoms with Gasteiger partial charge in [0, 0.05) is 17.5 Å². The maximum atomic E-state index is 5.42. The molecule has 1 heterocycles. The number of halogens is 1. The summed E-state index contributed by atoms with van der Waals surface area (Å²) in [5.41, 5.74) is 0.953. The van der Waals surface area contributed by atoms with E-state index < -0.39 is 0 Å². The maximum Gasteiger partial charge on any atom is 0.243 e. The molecule has 1 unspecified atom stereocenters. The van der Waals surface area contributed by atoms with Crippen LogP contribution >= 0.6 is 15.9 Å². The number of aromatic nitrogens is 2. The van der Waals surface area contributed by atoms with E-state index in [1.54, 1.807) is 7.11 Å². The molecule has 0 aliphatic carbocycles. The number of para-hydroxylation sites is 1. The third kappa shape index (κ3) is 3.87. The Bertz CT molecular complexity index is 635. The van der Waals surface area contributed by atoms with Crippen molar-refractivity contribution in [3.63, 3.8) is 0 Å². The first-order valence-corrected chi connectivity index (χ1v) is 8.01. The van der Waals surface area contributed by atoms with Crippen LogP contribution in [0.5, 0.6) is 5.75 Å². The van der Waals surface area contributed by atoms with Crippen LogP contribution in [-0.4, -0.2) is 17.3 Å². The molecule has 0 bridgehead atoms. The second-order valence-electron chi connectivity index (χ2n) is 6.24. The second kappa shape index (κ2) is 6.79. The molecule has 1 N–H and O–H groups in total. The SMILES string of the molecule is COc1c(Br)cccc1CNC(C)c1nc(C(C)(C)C)no1. The molecular formula is C16H22BrN3O2. The average Bonchev–Trinajstić information content (AvgIpc) is 2.94. The Kier molecular flexibility index (Phi) is 5.24. The smallest absolute Gasteiger partial charge is 0.243 e. The number of methoxy groups -OCH3 is 1. The minimum atomic E-state index is -0.116. The number of ether oxygens (including phenoxy) is 1. The Morgan fingerprint density at radius 3 is 2.68 bits per heavy atom. The molecule has 0 radical (unpaired) electrons. The van der Waals surface area contributed by atoms with Gasteiger partial charge in [-0.1, -0.05) is 38.1 Å². The van der Waals surface area contributed by atoms with Crippen molar-refractivity contribution in [2.24, 2.45) is 0 Å². The summed E-state index contributed by atoms with van der Waals surface area (Å²) in [4.78, 5) is 4.47. The maximum absolute atomic E-state index is 5.42. The van der Waals surface area contributed by atoms with Crippen LogP contribution in [0.15, 0.2) is 27.2 Å². The molecule has 1 atom stereocenters. The summed E-state index contributed by atoms with van der Waals surface area (Å²) in [6.45, 7) is 8.84. The predicted molar refractivity (Wildman–Crippen MR) is 88.9 cm³/mol. The van der Waals surface area contributed by atoms with Crippen LogP contribution in [0, 0.1) is 0 Å². The van der Waals surface area contributed by atoms with Gasteiger partial charge >= 0.3 is 0 Å². The molecular weight excluding hydrogens is 346 g/mol. The Balaban J connectivity index is 2.06. The first-order chi connectivity index (χ1) is 10.3. The molecule has 0 saturated heterocycles. The zero-order valence-corrected chi connectivity index (χ0v) is 15.2. The molecule has 22 heavy (non-hydrogen) atoms. The van der Waals surface area contributed by atoms with Crippen LogP contribution in [0.4, 0.5) is 0 Å². The molecule has 0 saturated carbocycles. The molecule has 1 aromatic carbocycles. The van der Waals surface area contributed by atoms with Crippen molar-refractivity contribution < 1.29 is 9.26 Å². The highest BCUT2D eigenvalue weighted by atomic mass is 79.9. The third-order valence-corrected chi connectivity index (χ3v) is 3.96. The van der Waals surface area contributed by atoms with E-state index in [9.17, 15) is 0 Å². The Morgan fingerprint density at radius 1 is 1.36 bits per heavy atom. The summed E-state index contributed by atoms with van der Waals surface area (Å²) in [5, 5.41) is 7.44. The monoisotopic (exact) mass is 367 g/mol. The van der Waals surface area contributed by atoms with E-state index in [4.69, 9.17) is 9.26 Å². The fourth-order valence-electron chi connectivity index (χ4n) is 1.99. The lowest BCUT2D eigenvalue weighted by molar-refractivity contribution is 0.329. The molecule has 0 amide bonds. The van der Waals surface area contributed by atoms with Crippen LogP contribution in [0.1, 0.15) is 51.0 Å². The number of nitrogens with zero attached hydrogens (tertiary/aromatic N) is 2. The van der Waals surface area contributed by atoms with E-state index >= 15 is 0 Å². The minimum Gasteiger partial charge on any atom is -0.495 e. The second-order valence-corrected chi connectivity index (χ2v) is 7.10.